The Morgan fingerprint density at radius 1 is 0.925 bits per heavy atom. The van der Waals surface area contributed by atoms with Crippen molar-refractivity contribution in [2.24, 2.45) is 0 Å². The lowest BCUT2D eigenvalue weighted by Gasteiger charge is -2.25. The van der Waals surface area contributed by atoms with Gasteiger partial charge in [-0.05, 0) is 12.5 Å². The fourth-order valence-electron chi connectivity index (χ4n) is 4.74. The maximum atomic E-state index is 12.1. The average molecular weight is 593 g/mol. The molecule has 1 unspecified atom stereocenters. The lowest BCUT2D eigenvalue weighted by molar-refractivity contribution is -0.228. The van der Waals surface area contributed by atoms with Crippen LogP contribution in [0, 0.1) is 0 Å². The summed E-state index contributed by atoms with van der Waals surface area (Å²) >= 11 is 0. The van der Waals surface area contributed by atoms with Crippen molar-refractivity contribution < 1.29 is 38.9 Å². The van der Waals surface area contributed by atoms with Crippen LogP contribution in [-0.4, -0.2) is 56.8 Å². The Morgan fingerprint density at radius 2 is 1.43 bits per heavy atom. The molecule has 2 heterocycles. The Hall–Kier alpha value is -1.37. The van der Waals surface area contributed by atoms with E-state index >= 15 is 0 Å². The normalized spacial score (nSPS) is 22.2. The number of phosphoric acid groups is 1. The number of ether oxygens (including phenoxy) is 1. The van der Waals surface area contributed by atoms with Crippen LogP contribution >= 0.6 is 7.82 Å². The lowest BCUT2D eigenvalue weighted by Crippen LogP contribution is -2.36. The van der Waals surface area contributed by atoms with Gasteiger partial charge in [-0.3, -0.25) is 9.13 Å². The SMILES string of the molecule is CCCCCCCCCCCCCCCCCCOP(=O)([O-])OC[C@H]1O[C@@H](n2ccc(N)nc2=O)[C@@H](O)[C@@H]1O.O. The highest BCUT2D eigenvalue weighted by atomic mass is 31.2. The van der Waals surface area contributed by atoms with E-state index in [4.69, 9.17) is 19.5 Å². The minimum atomic E-state index is -4.61. The van der Waals surface area contributed by atoms with Crippen LogP contribution in [0.15, 0.2) is 17.1 Å². The molecular formula is C27H51N3O9P-. The van der Waals surface area contributed by atoms with E-state index < -0.39 is 44.7 Å². The number of anilines is 1. The zero-order valence-corrected chi connectivity index (χ0v) is 24.8. The van der Waals surface area contributed by atoms with Crippen LogP contribution in [0.1, 0.15) is 116 Å². The highest BCUT2D eigenvalue weighted by Crippen LogP contribution is 2.40. The number of hydrogen-bond acceptors (Lipinski definition) is 10. The molecule has 0 saturated carbocycles. The summed E-state index contributed by atoms with van der Waals surface area (Å²) in [7, 11) is -4.61. The van der Waals surface area contributed by atoms with Crippen molar-refractivity contribution in [3.05, 3.63) is 22.7 Å². The van der Waals surface area contributed by atoms with Crippen LogP contribution in [0.5, 0.6) is 0 Å². The summed E-state index contributed by atoms with van der Waals surface area (Å²) in [6.07, 6.45) is 15.5. The molecule has 0 aliphatic carbocycles. The van der Waals surface area contributed by atoms with Crippen molar-refractivity contribution in [3.63, 3.8) is 0 Å². The first-order valence-corrected chi connectivity index (χ1v) is 16.2. The maximum absolute atomic E-state index is 12.1. The van der Waals surface area contributed by atoms with Crippen molar-refractivity contribution in [2.75, 3.05) is 18.9 Å². The summed E-state index contributed by atoms with van der Waals surface area (Å²) in [4.78, 5) is 27.6. The minimum Gasteiger partial charge on any atom is -0.756 e. The summed E-state index contributed by atoms with van der Waals surface area (Å²) in [5, 5.41) is 20.5. The molecule has 1 aliphatic heterocycles. The second-order valence-corrected chi connectivity index (χ2v) is 11.9. The zero-order valence-electron chi connectivity index (χ0n) is 24.0. The first-order chi connectivity index (χ1) is 18.7. The molecule has 2 rings (SSSR count). The number of aliphatic hydroxyl groups is 2. The molecule has 234 valence electrons. The number of unbranched alkanes of at least 4 members (excludes halogenated alkanes) is 15. The number of aliphatic hydroxyl groups excluding tert-OH is 2. The predicted octanol–water partition coefficient (Wildman–Crippen LogP) is 3.38. The van der Waals surface area contributed by atoms with Crippen molar-refractivity contribution in [1.82, 2.24) is 9.55 Å². The Kier molecular flexibility index (Phi) is 18.8. The van der Waals surface area contributed by atoms with Gasteiger partial charge in [0, 0.05) is 6.20 Å². The zero-order chi connectivity index (χ0) is 28.5. The van der Waals surface area contributed by atoms with E-state index in [1.54, 1.807) is 0 Å². The first kappa shape index (κ1) is 36.7. The lowest BCUT2D eigenvalue weighted by atomic mass is 10.0. The number of rotatable bonds is 22. The molecule has 13 heteroatoms. The summed E-state index contributed by atoms with van der Waals surface area (Å²) in [5.41, 5.74) is 4.68. The molecule has 12 nitrogen and oxygen atoms in total. The molecule has 40 heavy (non-hydrogen) atoms. The molecule has 0 bridgehead atoms. The van der Waals surface area contributed by atoms with Gasteiger partial charge in [0.25, 0.3) is 7.82 Å². The summed E-state index contributed by atoms with van der Waals surface area (Å²) in [6.45, 7) is 1.70. The topological polar surface area (TPSA) is 201 Å². The van der Waals surface area contributed by atoms with E-state index in [-0.39, 0.29) is 17.9 Å². The third-order valence-electron chi connectivity index (χ3n) is 7.11. The van der Waals surface area contributed by atoms with Crippen molar-refractivity contribution >= 4 is 13.6 Å². The highest BCUT2D eigenvalue weighted by Gasteiger charge is 2.44. The largest absolute Gasteiger partial charge is 0.756 e. The second kappa shape index (κ2) is 20.5. The van der Waals surface area contributed by atoms with Crippen LogP contribution in [0.25, 0.3) is 0 Å². The fraction of sp³-hybridized carbons (Fsp3) is 0.852. The molecule has 5 atom stereocenters. The van der Waals surface area contributed by atoms with E-state index in [0.29, 0.717) is 6.42 Å². The van der Waals surface area contributed by atoms with Crippen LogP contribution in [-0.2, 0) is 18.3 Å². The van der Waals surface area contributed by atoms with Crippen LogP contribution < -0.4 is 16.3 Å². The van der Waals surface area contributed by atoms with Gasteiger partial charge in [0.15, 0.2) is 6.23 Å². The maximum Gasteiger partial charge on any atom is 0.351 e. The van der Waals surface area contributed by atoms with Crippen LogP contribution in [0.2, 0.25) is 0 Å². The van der Waals surface area contributed by atoms with Gasteiger partial charge in [-0.15, -0.1) is 0 Å². The number of nitrogens with two attached hydrogens (primary N) is 1. The van der Waals surface area contributed by atoms with Gasteiger partial charge >= 0.3 is 5.69 Å². The summed E-state index contributed by atoms with van der Waals surface area (Å²) in [5.74, 6) is -0.00189. The van der Waals surface area contributed by atoms with Crippen LogP contribution in [0.4, 0.5) is 5.82 Å². The Balaban J connectivity index is 0.00000800. The van der Waals surface area contributed by atoms with Crippen molar-refractivity contribution in [1.29, 1.82) is 0 Å². The molecule has 0 aromatic carbocycles. The molecule has 1 aliphatic rings. The molecule has 1 saturated heterocycles. The van der Waals surface area contributed by atoms with Gasteiger partial charge < -0.3 is 40.1 Å². The molecule has 0 amide bonds. The number of phosphoric ester groups is 1. The van der Waals surface area contributed by atoms with E-state index in [9.17, 15) is 24.5 Å². The standard InChI is InChI=1S/C27H50N3O8P.H2O/c1-2-3-4-5-6-7-8-9-10-11-12-13-14-15-16-17-20-36-39(34,35)37-21-22-24(31)25(32)26(38-22)30-19-18-23(28)29-27(30)33;/h18-19,22,24-26,31-32H,2-17,20-21H2,1H3,(H,34,35)(H2,28,29,33);1H2/p-1/t22-,24-,25+,26-;/m1./s1. The quantitative estimate of drug-likeness (QED) is 0.132. The number of aromatic nitrogens is 2. The van der Waals surface area contributed by atoms with Gasteiger partial charge in [0.05, 0.1) is 13.2 Å². The molecule has 0 radical (unpaired) electrons. The number of nitrogens with zero attached hydrogens (tertiary/aromatic N) is 2. The highest BCUT2D eigenvalue weighted by molar-refractivity contribution is 7.45. The molecule has 6 N–H and O–H groups in total. The smallest absolute Gasteiger partial charge is 0.351 e. The summed E-state index contributed by atoms with van der Waals surface area (Å²) in [6, 6.07) is 1.34. The molecule has 0 spiro atoms. The van der Waals surface area contributed by atoms with Crippen molar-refractivity contribution in [2.45, 2.75) is 134 Å². The average Bonchev–Trinajstić information content (AvgIpc) is 3.18. The second-order valence-electron chi connectivity index (χ2n) is 10.5. The van der Waals surface area contributed by atoms with E-state index in [2.05, 4.69) is 11.9 Å². The third-order valence-corrected chi connectivity index (χ3v) is 8.07. The third kappa shape index (κ3) is 14.0. The number of hydrogen-bond donors (Lipinski definition) is 3. The molecule has 1 aromatic rings. The van der Waals surface area contributed by atoms with Crippen molar-refractivity contribution in [3.8, 4) is 0 Å². The predicted molar refractivity (Wildman–Crippen MR) is 152 cm³/mol. The van der Waals surface area contributed by atoms with Gasteiger partial charge in [-0.1, -0.05) is 103 Å². The van der Waals surface area contributed by atoms with Gasteiger partial charge in [-0.25, -0.2) is 4.79 Å². The molecule has 1 aromatic heterocycles. The van der Waals surface area contributed by atoms with Gasteiger partial charge in [0.1, 0.15) is 24.1 Å². The Morgan fingerprint density at radius 3 is 1.93 bits per heavy atom. The Bertz CT molecular complexity index is 904. The summed E-state index contributed by atoms with van der Waals surface area (Å²) < 4.78 is 28.3. The van der Waals surface area contributed by atoms with Gasteiger partial charge in [-0.2, -0.15) is 4.98 Å². The monoisotopic (exact) mass is 592 g/mol. The molecular weight excluding hydrogens is 541 g/mol. The number of nitrogen functional groups attached to an aromatic ring is 1. The fourth-order valence-corrected chi connectivity index (χ4v) is 5.50. The van der Waals surface area contributed by atoms with E-state index in [1.807, 2.05) is 0 Å². The van der Waals surface area contributed by atoms with Crippen LogP contribution in [0.3, 0.4) is 0 Å². The van der Waals surface area contributed by atoms with E-state index in [1.165, 1.54) is 89.3 Å². The first-order valence-electron chi connectivity index (χ1n) is 14.7. The molecule has 1 fully saturated rings. The van der Waals surface area contributed by atoms with E-state index in [0.717, 1.165) is 23.8 Å². The Labute approximate surface area is 238 Å². The van der Waals surface area contributed by atoms with Gasteiger partial charge in [0.2, 0.25) is 0 Å². The minimum absolute atomic E-state index is 0.